The summed E-state index contributed by atoms with van der Waals surface area (Å²) < 4.78 is 31.3. The quantitative estimate of drug-likeness (QED) is 0.594. The van der Waals surface area contributed by atoms with Crippen LogP contribution in [0.5, 0.6) is 5.75 Å². The molecule has 0 bridgehead atoms. The second-order valence-electron chi connectivity index (χ2n) is 2.12. The fraction of sp³-hybridized carbons (Fsp3) is 0. The molecule has 0 aliphatic carbocycles. The number of phosphoric ester groups is 1. The van der Waals surface area contributed by atoms with Gasteiger partial charge in [0.1, 0.15) is 11.6 Å². The summed E-state index contributed by atoms with van der Waals surface area (Å²) in [4.78, 5) is 8.73. The first-order valence-electron chi connectivity index (χ1n) is 3.20. The van der Waals surface area contributed by atoms with Crippen molar-refractivity contribution in [2.75, 3.05) is 0 Å². The summed E-state index contributed by atoms with van der Waals surface area (Å²) in [5.74, 6) is -0.717. The molecule has 0 saturated heterocycles. The van der Waals surface area contributed by atoms with Gasteiger partial charge in [-0.1, -0.05) is 6.07 Å². The Hall–Kier alpha value is -0.835. The maximum atomic E-state index is 12.5. The van der Waals surface area contributed by atoms with Crippen LogP contribution in [0.4, 0.5) is 4.39 Å². The van der Waals surface area contributed by atoms with Crippen LogP contribution in [0.2, 0.25) is 0 Å². The van der Waals surface area contributed by atoms with Gasteiger partial charge in [0.15, 0.2) is 0 Å². The molecule has 2 radical (unpaired) electrons. The van der Waals surface area contributed by atoms with Gasteiger partial charge in [0.05, 0.1) is 0 Å². The van der Waals surface area contributed by atoms with Gasteiger partial charge in [-0.25, -0.2) is 8.96 Å². The molecule has 4 nitrogen and oxygen atoms in total. The van der Waals surface area contributed by atoms with Crippen LogP contribution >= 0.6 is 7.82 Å². The van der Waals surface area contributed by atoms with Crippen molar-refractivity contribution < 1.29 is 22.8 Å². The van der Waals surface area contributed by atoms with Gasteiger partial charge in [0, 0.05) is 6.07 Å². The van der Waals surface area contributed by atoms with E-state index in [0.717, 1.165) is 6.07 Å². The number of phosphoric acid groups is 1. The molecule has 0 aliphatic heterocycles. The molecule has 0 amide bonds. The molecule has 1 rings (SSSR count). The number of benzene rings is 1. The Kier molecular flexibility index (Phi) is 3.09. The lowest BCUT2D eigenvalue weighted by Gasteiger charge is -2.10. The Morgan fingerprint density at radius 3 is 2.77 bits per heavy atom. The van der Waals surface area contributed by atoms with Crippen LogP contribution in [-0.4, -0.2) is 12.9 Å². The highest BCUT2D eigenvalue weighted by Gasteiger charge is 2.19. The van der Waals surface area contributed by atoms with Crippen LogP contribution in [-0.2, 0) is 9.01 Å². The minimum absolute atomic E-state index is 0.128. The van der Waals surface area contributed by atoms with Crippen molar-refractivity contribution in [3.05, 3.63) is 30.1 Å². The van der Waals surface area contributed by atoms with Gasteiger partial charge < -0.3 is 8.96 Å². The minimum Gasteiger partial charge on any atom is -0.405 e. The Bertz CT molecular complexity index is 345. The Morgan fingerprint density at radius 1 is 1.54 bits per heavy atom. The second kappa shape index (κ2) is 3.92. The fourth-order valence-electron chi connectivity index (χ4n) is 0.679. The van der Waals surface area contributed by atoms with Crippen molar-refractivity contribution in [3.8, 4) is 5.75 Å². The van der Waals surface area contributed by atoms with E-state index in [1.807, 2.05) is 0 Å². The minimum atomic E-state index is -4.30. The van der Waals surface area contributed by atoms with Crippen LogP contribution in [0.15, 0.2) is 24.3 Å². The van der Waals surface area contributed by atoms with Crippen molar-refractivity contribution >= 4 is 15.9 Å². The van der Waals surface area contributed by atoms with Crippen molar-refractivity contribution in [3.63, 3.8) is 0 Å². The van der Waals surface area contributed by atoms with Gasteiger partial charge in [0.2, 0.25) is 0 Å². The van der Waals surface area contributed by atoms with Crippen LogP contribution in [0.25, 0.3) is 0 Å². The lowest BCUT2D eigenvalue weighted by molar-refractivity contribution is 0.299. The Labute approximate surface area is 75.4 Å². The zero-order valence-corrected chi connectivity index (χ0v) is 7.28. The molecular formula is C6H5BFO4P. The Morgan fingerprint density at radius 2 is 2.23 bits per heavy atom. The van der Waals surface area contributed by atoms with E-state index in [9.17, 15) is 8.96 Å². The predicted molar refractivity (Wildman–Crippen MR) is 43.7 cm³/mol. The zero-order chi connectivity index (χ0) is 9.90. The van der Waals surface area contributed by atoms with E-state index in [1.54, 1.807) is 0 Å². The third-order valence-electron chi connectivity index (χ3n) is 1.15. The summed E-state index contributed by atoms with van der Waals surface area (Å²) in [5.41, 5.74) is 0. The average molecular weight is 202 g/mol. The van der Waals surface area contributed by atoms with E-state index < -0.39 is 13.6 Å². The first-order chi connectivity index (χ1) is 6.03. The molecule has 1 unspecified atom stereocenters. The number of halogens is 1. The summed E-state index contributed by atoms with van der Waals surface area (Å²) in [7, 11) is 0.156. The molecule has 1 aromatic carbocycles. The van der Waals surface area contributed by atoms with E-state index in [2.05, 4.69) is 17.0 Å². The molecule has 0 heterocycles. The van der Waals surface area contributed by atoms with Gasteiger partial charge in [-0.15, -0.1) is 0 Å². The SMILES string of the molecule is [B]OP(=O)(O)Oc1cccc(F)c1. The zero-order valence-electron chi connectivity index (χ0n) is 6.38. The molecule has 68 valence electrons. The predicted octanol–water partition coefficient (Wildman–Crippen LogP) is 1.40. The van der Waals surface area contributed by atoms with Crippen molar-refractivity contribution in [2.45, 2.75) is 0 Å². The van der Waals surface area contributed by atoms with Crippen LogP contribution < -0.4 is 4.52 Å². The number of rotatable bonds is 3. The maximum Gasteiger partial charge on any atom is 0.511 e. The molecular weight excluding hydrogens is 197 g/mol. The largest absolute Gasteiger partial charge is 0.511 e. The summed E-state index contributed by atoms with van der Waals surface area (Å²) >= 11 is 0. The standard InChI is InChI=1S/C6H5BFO4P/c7-12-13(9,10)11-6-3-1-2-5(8)4-6/h1-4H,(H,9,10). The highest BCUT2D eigenvalue weighted by molar-refractivity contribution is 7.48. The lowest BCUT2D eigenvalue weighted by atomic mass is 10.3. The molecule has 1 atom stereocenters. The number of hydrogen-bond acceptors (Lipinski definition) is 3. The third kappa shape index (κ3) is 3.18. The maximum absolute atomic E-state index is 12.5. The van der Waals surface area contributed by atoms with E-state index in [-0.39, 0.29) is 5.75 Å². The van der Waals surface area contributed by atoms with Crippen LogP contribution in [0.3, 0.4) is 0 Å². The van der Waals surface area contributed by atoms with Crippen molar-refractivity contribution in [1.82, 2.24) is 0 Å². The Balaban J connectivity index is 2.81. The third-order valence-corrected chi connectivity index (χ3v) is 1.86. The monoisotopic (exact) mass is 202 g/mol. The molecule has 0 aliphatic rings. The van der Waals surface area contributed by atoms with Gasteiger partial charge in [0.25, 0.3) is 0 Å². The average Bonchev–Trinajstić information content (AvgIpc) is 2.03. The van der Waals surface area contributed by atoms with Gasteiger partial charge in [-0.2, -0.15) is 0 Å². The van der Waals surface area contributed by atoms with Crippen LogP contribution in [0, 0.1) is 5.82 Å². The first-order valence-corrected chi connectivity index (χ1v) is 4.69. The molecule has 1 N–H and O–H groups in total. The second-order valence-corrected chi connectivity index (χ2v) is 3.45. The molecule has 13 heavy (non-hydrogen) atoms. The normalized spacial score (nSPS) is 14.9. The van der Waals surface area contributed by atoms with E-state index in [4.69, 9.17) is 4.89 Å². The first kappa shape index (κ1) is 10.2. The smallest absolute Gasteiger partial charge is 0.405 e. The van der Waals surface area contributed by atoms with E-state index >= 15 is 0 Å². The molecule has 7 heteroatoms. The fourth-order valence-corrected chi connectivity index (χ4v) is 1.10. The van der Waals surface area contributed by atoms with Crippen molar-refractivity contribution in [2.24, 2.45) is 0 Å². The number of hydrogen-bond donors (Lipinski definition) is 1. The van der Waals surface area contributed by atoms with Gasteiger partial charge >= 0.3 is 15.9 Å². The van der Waals surface area contributed by atoms with Crippen LogP contribution in [0.1, 0.15) is 0 Å². The van der Waals surface area contributed by atoms with E-state index in [0.29, 0.717) is 0 Å². The van der Waals surface area contributed by atoms with Gasteiger partial charge in [-0.3, -0.25) is 4.89 Å². The molecule has 0 aromatic heterocycles. The summed E-state index contributed by atoms with van der Waals surface area (Å²) in [6, 6.07) is 4.71. The highest BCUT2D eigenvalue weighted by Crippen LogP contribution is 2.42. The molecule has 1 aromatic rings. The molecule has 0 fully saturated rings. The summed E-state index contributed by atoms with van der Waals surface area (Å²) in [6.45, 7) is 0. The highest BCUT2D eigenvalue weighted by atomic mass is 31.2. The topological polar surface area (TPSA) is 55.8 Å². The van der Waals surface area contributed by atoms with Crippen molar-refractivity contribution in [1.29, 1.82) is 0 Å². The van der Waals surface area contributed by atoms with Gasteiger partial charge in [-0.05, 0) is 12.1 Å². The summed E-state index contributed by atoms with van der Waals surface area (Å²) in [6.07, 6.45) is 0. The molecule has 0 spiro atoms. The lowest BCUT2D eigenvalue weighted by Crippen LogP contribution is -1.94. The molecule has 0 saturated carbocycles. The summed E-state index contributed by atoms with van der Waals surface area (Å²) in [5, 5.41) is 0. The van der Waals surface area contributed by atoms with E-state index in [1.165, 1.54) is 18.2 Å².